The first-order chi connectivity index (χ1) is 18.8. The quantitative estimate of drug-likeness (QED) is 0.222. The average molecular weight is 528 g/mol. The zero-order valence-corrected chi connectivity index (χ0v) is 21.6. The Hall–Kier alpha value is -4.66. The van der Waals surface area contributed by atoms with Crippen LogP contribution in [0.25, 0.3) is 11.1 Å². The Labute approximate surface area is 227 Å². The number of nitrogens with zero attached hydrogens (tertiary/aromatic N) is 2. The number of rotatable bonds is 11. The molecular formula is C30H33N5O4. The van der Waals surface area contributed by atoms with E-state index in [1.54, 1.807) is 23.1 Å². The Kier molecular flexibility index (Phi) is 8.94. The van der Waals surface area contributed by atoms with Crippen LogP contribution in [0.4, 0.5) is 5.69 Å². The number of hydrogen-bond donors (Lipinski definition) is 4. The summed E-state index contributed by atoms with van der Waals surface area (Å²) < 4.78 is 0. The molecule has 1 fully saturated rings. The fraction of sp³-hybridized carbons (Fsp3) is 0.267. The van der Waals surface area contributed by atoms with Gasteiger partial charge in [-0.15, -0.1) is 0 Å². The molecular weight excluding hydrogens is 494 g/mol. The van der Waals surface area contributed by atoms with Gasteiger partial charge < -0.3 is 26.8 Å². The molecule has 3 aromatic rings. The molecule has 0 spiro atoms. The van der Waals surface area contributed by atoms with Gasteiger partial charge in [0, 0.05) is 24.7 Å². The standard InChI is InChI=1S/C30H33N5O4/c31-30(32)34-25-10-4-9-23(16-25)21-11-13-22(14-12-21)28(38)33-19-26-17-24(18-27(36)37)29(39)35(26)15-5-8-20-6-2-1-3-7-20/h1-4,6-7,9-14,16,24,26H,5,8,15,17-19H2,(H,33,38)(H,36,37)(H4,31,32,34)/t24-,26-/m0/s1. The van der Waals surface area contributed by atoms with Crippen molar-refractivity contribution in [2.45, 2.75) is 31.7 Å². The highest BCUT2D eigenvalue weighted by Crippen LogP contribution is 2.28. The monoisotopic (exact) mass is 527 g/mol. The number of amides is 2. The number of nitrogens with one attached hydrogen (secondary N) is 1. The number of aliphatic imine (C=N–C) groups is 1. The number of hydrogen-bond acceptors (Lipinski definition) is 4. The van der Waals surface area contributed by atoms with E-state index in [4.69, 9.17) is 11.5 Å². The fourth-order valence-electron chi connectivity index (χ4n) is 4.97. The summed E-state index contributed by atoms with van der Waals surface area (Å²) in [5, 5.41) is 12.2. The molecule has 0 saturated carbocycles. The van der Waals surface area contributed by atoms with Crippen molar-refractivity contribution in [2.75, 3.05) is 13.1 Å². The van der Waals surface area contributed by atoms with Gasteiger partial charge in [-0.1, -0.05) is 54.6 Å². The molecule has 4 rings (SSSR count). The lowest BCUT2D eigenvalue weighted by atomic mass is 10.0. The number of nitrogens with two attached hydrogens (primary N) is 2. The molecule has 6 N–H and O–H groups in total. The van der Waals surface area contributed by atoms with Crippen LogP contribution in [0.3, 0.4) is 0 Å². The van der Waals surface area contributed by atoms with Gasteiger partial charge in [0.15, 0.2) is 5.96 Å². The van der Waals surface area contributed by atoms with E-state index in [2.05, 4.69) is 10.3 Å². The summed E-state index contributed by atoms with van der Waals surface area (Å²) in [4.78, 5) is 43.0. The van der Waals surface area contributed by atoms with E-state index in [0.717, 1.165) is 24.0 Å². The van der Waals surface area contributed by atoms with Crippen LogP contribution in [-0.2, 0) is 16.0 Å². The Balaban J connectivity index is 1.38. The third-order valence-corrected chi connectivity index (χ3v) is 6.84. The Bertz CT molecular complexity index is 1340. The molecule has 1 aliphatic rings. The predicted molar refractivity (Wildman–Crippen MR) is 150 cm³/mol. The second kappa shape index (κ2) is 12.7. The first-order valence-electron chi connectivity index (χ1n) is 12.9. The van der Waals surface area contributed by atoms with Crippen molar-refractivity contribution >= 4 is 29.4 Å². The van der Waals surface area contributed by atoms with E-state index in [9.17, 15) is 19.5 Å². The number of aryl methyl sites for hydroxylation is 1. The zero-order valence-electron chi connectivity index (χ0n) is 21.6. The molecule has 0 aromatic heterocycles. The lowest BCUT2D eigenvalue weighted by Crippen LogP contribution is -2.42. The van der Waals surface area contributed by atoms with Crippen LogP contribution >= 0.6 is 0 Å². The van der Waals surface area contributed by atoms with Crippen LogP contribution in [0, 0.1) is 5.92 Å². The summed E-state index contributed by atoms with van der Waals surface area (Å²) in [5.41, 5.74) is 15.1. The first kappa shape index (κ1) is 27.4. The van der Waals surface area contributed by atoms with Gasteiger partial charge in [-0.05, 0) is 60.2 Å². The molecule has 0 unspecified atom stereocenters. The largest absolute Gasteiger partial charge is 0.481 e. The molecule has 1 heterocycles. The molecule has 2 atom stereocenters. The van der Waals surface area contributed by atoms with Crippen LogP contribution in [0.2, 0.25) is 0 Å². The van der Waals surface area contributed by atoms with Crippen molar-refractivity contribution in [3.8, 4) is 11.1 Å². The van der Waals surface area contributed by atoms with E-state index in [1.165, 1.54) is 5.56 Å². The molecule has 202 valence electrons. The minimum absolute atomic E-state index is 0.0211. The molecule has 3 aromatic carbocycles. The number of carbonyl (C=O) groups is 3. The minimum atomic E-state index is -0.994. The van der Waals surface area contributed by atoms with Gasteiger partial charge in [0.1, 0.15) is 0 Å². The van der Waals surface area contributed by atoms with Crippen molar-refractivity contribution < 1.29 is 19.5 Å². The smallest absolute Gasteiger partial charge is 0.304 e. The van der Waals surface area contributed by atoms with Crippen molar-refractivity contribution in [3.63, 3.8) is 0 Å². The highest BCUT2D eigenvalue weighted by Gasteiger charge is 2.40. The molecule has 9 nitrogen and oxygen atoms in total. The minimum Gasteiger partial charge on any atom is -0.481 e. The molecule has 0 bridgehead atoms. The summed E-state index contributed by atoms with van der Waals surface area (Å²) in [5.74, 6) is -2.00. The van der Waals surface area contributed by atoms with Gasteiger partial charge in [-0.25, -0.2) is 4.99 Å². The van der Waals surface area contributed by atoms with Crippen LogP contribution in [0.15, 0.2) is 83.9 Å². The second-order valence-electron chi connectivity index (χ2n) is 9.68. The maximum absolute atomic E-state index is 13.0. The predicted octanol–water partition coefficient (Wildman–Crippen LogP) is 3.31. The highest BCUT2D eigenvalue weighted by molar-refractivity contribution is 5.95. The Morgan fingerprint density at radius 3 is 2.41 bits per heavy atom. The summed E-state index contributed by atoms with van der Waals surface area (Å²) in [7, 11) is 0. The number of carbonyl (C=O) groups excluding carboxylic acids is 2. The van der Waals surface area contributed by atoms with Crippen LogP contribution in [0.5, 0.6) is 0 Å². The number of benzene rings is 3. The first-order valence-corrected chi connectivity index (χ1v) is 12.9. The van der Waals surface area contributed by atoms with Crippen molar-refractivity contribution in [1.29, 1.82) is 0 Å². The van der Waals surface area contributed by atoms with Gasteiger partial charge in [0.2, 0.25) is 5.91 Å². The van der Waals surface area contributed by atoms with Gasteiger partial charge in [-0.2, -0.15) is 0 Å². The lowest BCUT2D eigenvalue weighted by Gasteiger charge is -2.25. The molecule has 39 heavy (non-hydrogen) atoms. The maximum atomic E-state index is 13.0. The van der Waals surface area contributed by atoms with Crippen LogP contribution in [0.1, 0.15) is 35.2 Å². The normalized spacial score (nSPS) is 16.6. The van der Waals surface area contributed by atoms with E-state index in [0.29, 0.717) is 24.2 Å². The number of carboxylic acids is 1. The lowest BCUT2D eigenvalue weighted by molar-refractivity contribution is -0.142. The molecule has 9 heteroatoms. The van der Waals surface area contributed by atoms with Crippen molar-refractivity contribution in [1.82, 2.24) is 10.2 Å². The molecule has 0 aliphatic carbocycles. The maximum Gasteiger partial charge on any atom is 0.304 e. The number of carboxylic acid groups (broad SMARTS) is 1. The van der Waals surface area contributed by atoms with E-state index < -0.39 is 11.9 Å². The zero-order chi connectivity index (χ0) is 27.8. The summed E-state index contributed by atoms with van der Waals surface area (Å²) in [6.07, 6.45) is 1.77. The van der Waals surface area contributed by atoms with Gasteiger partial charge in [0.25, 0.3) is 5.91 Å². The number of guanidine groups is 1. The summed E-state index contributed by atoms with van der Waals surface area (Å²) in [6.45, 7) is 0.770. The second-order valence-corrected chi connectivity index (χ2v) is 9.68. The Morgan fingerprint density at radius 2 is 1.72 bits per heavy atom. The van der Waals surface area contributed by atoms with Crippen LogP contribution in [-0.4, -0.2) is 52.9 Å². The van der Waals surface area contributed by atoms with Crippen molar-refractivity contribution in [2.24, 2.45) is 22.4 Å². The van der Waals surface area contributed by atoms with E-state index in [1.807, 2.05) is 60.7 Å². The Morgan fingerprint density at radius 1 is 0.974 bits per heavy atom. The molecule has 1 aliphatic heterocycles. The molecule has 2 amide bonds. The fourth-order valence-corrected chi connectivity index (χ4v) is 4.97. The topological polar surface area (TPSA) is 151 Å². The van der Waals surface area contributed by atoms with Crippen molar-refractivity contribution in [3.05, 3.63) is 90.0 Å². The average Bonchev–Trinajstić information content (AvgIpc) is 3.21. The van der Waals surface area contributed by atoms with Crippen LogP contribution < -0.4 is 16.8 Å². The summed E-state index contributed by atoms with van der Waals surface area (Å²) in [6, 6.07) is 24.4. The third-order valence-electron chi connectivity index (χ3n) is 6.84. The van der Waals surface area contributed by atoms with Gasteiger partial charge >= 0.3 is 5.97 Å². The SMILES string of the molecule is NC(N)=Nc1cccc(-c2ccc(C(=O)NC[C@@H]3C[C@@H](CC(=O)O)C(=O)N3CCCc3ccccc3)cc2)c1. The van der Waals surface area contributed by atoms with Gasteiger partial charge in [-0.3, -0.25) is 14.4 Å². The highest BCUT2D eigenvalue weighted by atomic mass is 16.4. The number of aliphatic carboxylic acids is 1. The third kappa shape index (κ3) is 7.44. The van der Waals surface area contributed by atoms with E-state index in [-0.39, 0.29) is 36.8 Å². The number of likely N-dealkylation sites (tertiary alicyclic amines) is 1. The molecule has 1 saturated heterocycles. The summed E-state index contributed by atoms with van der Waals surface area (Å²) >= 11 is 0. The van der Waals surface area contributed by atoms with E-state index >= 15 is 0 Å². The molecule has 0 radical (unpaired) electrons. The van der Waals surface area contributed by atoms with Gasteiger partial charge in [0.05, 0.1) is 18.0 Å².